The van der Waals surface area contributed by atoms with Crippen molar-refractivity contribution in [2.75, 3.05) is 5.32 Å². The fourth-order valence-electron chi connectivity index (χ4n) is 1.84. The highest BCUT2D eigenvalue weighted by molar-refractivity contribution is 6.31. The molecule has 0 fully saturated rings. The maximum absolute atomic E-state index is 6.16. The molecule has 0 aliphatic rings. The van der Waals surface area contributed by atoms with E-state index in [0.29, 0.717) is 6.54 Å². The maximum atomic E-state index is 6.16. The summed E-state index contributed by atoms with van der Waals surface area (Å²) in [5.74, 6) is 0. The number of nitrogens with one attached hydrogen (secondary N) is 1. The fourth-order valence-corrected chi connectivity index (χ4v) is 2.23. The van der Waals surface area contributed by atoms with Crippen molar-refractivity contribution in [1.29, 1.82) is 0 Å². The Morgan fingerprint density at radius 2 is 1.72 bits per heavy atom. The van der Waals surface area contributed by atoms with Gasteiger partial charge in [-0.05, 0) is 30.2 Å². The number of hydrogen-bond donors (Lipinski definition) is 1. The molecule has 3 heteroatoms. The number of anilines is 1. The van der Waals surface area contributed by atoms with Crippen molar-refractivity contribution in [3.05, 3.63) is 64.7 Å². The van der Waals surface area contributed by atoms with Gasteiger partial charge in [0.05, 0.1) is 5.38 Å². The van der Waals surface area contributed by atoms with Crippen LogP contribution in [0.15, 0.2) is 48.5 Å². The summed E-state index contributed by atoms with van der Waals surface area (Å²) >= 11 is 12.3. The first-order chi connectivity index (χ1) is 8.68. The first kappa shape index (κ1) is 13.3. The molecule has 0 bridgehead atoms. The highest BCUT2D eigenvalue weighted by Gasteiger charge is 2.07. The molecule has 0 aliphatic heterocycles. The van der Waals surface area contributed by atoms with Gasteiger partial charge in [-0.1, -0.05) is 48.0 Å². The lowest BCUT2D eigenvalue weighted by Gasteiger charge is -2.14. The lowest BCUT2D eigenvalue weighted by molar-refractivity contribution is 1.06. The van der Waals surface area contributed by atoms with Gasteiger partial charge in [0.15, 0.2) is 0 Å². The Kier molecular flexibility index (Phi) is 4.51. The molecule has 18 heavy (non-hydrogen) atoms. The van der Waals surface area contributed by atoms with Crippen LogP contribution in [0.5, 0.6) is 0 Å². The minimum absolute atomic E-state index is 0.0139. The van der Waals surface area contributed by atoms with Crippen LogP contribution in [0.4, 0.5) is 5.69 Å². The van der Waals surface area contributed by atoms with E-state index >= 15 is 0 Å². The second kappa shape index (κ2) is 6.12. The van der Waals surface area contributed by atoms with Gasteiger partial charge in [0.25, 0.3) is 0 Å². The van der Waals surface area contributed by atoms with E-state index in [4.69, 9.17) is 23.2 Å². The van der Waals surface area contributed by atoms with E-state index in [0.717, 1.165) is 21.8 Å². The molecule has 0 spiro atoms. The summed E-state index contributed by atoms with van der Waals surface area (Å²) in [5.41, 5.74) is 3.24. The number of alkyl halides is 1. The normalized spacial score (nSPS) is 12.2. The standard InChI is InChI=1S/C15H15Cl2N/c1-11(16)13-7-3-5-9-15(13)18-10-12-6-2-4-8-14(12)17/h2-9,11,18H,10H2,1H3. The molecule has 2 rings (SSSR count). The van der Waals surface area contributed by atoms with E-state index in [-0.39, 0.29) is 5.38 Å². The molecule has 1 nitrogen and oxygen atoms in total. The average Bonchev–Trinajstić information content (AvgIpc) is 2.38. The second-order valence-electron chi connectivity index (χ2n) is 4.15. The van der Waals surface area contributed by atoms with Crippen LogP contribution < -0.4 is 5.32 Å². The summed E-state index contributed by atoms with van der Waals surface area (Å²) in [4.78, 5) is 0. The SMILES string of the molecule is CC(Cl)c1ccccc1NCc1ccccc1Cl. The molecule has 0 saturated carbocycles. The molecular weight excluding hydrogens is 265 g/mol. The Balaban J connectivity index is 2.14. The molecule has 0 saturated heterocycles. The molecular formula is C15H15Cl2N. The Bertz CT molecular complexity index is 523. The topological polar surface area (TPSA) is 12.0 Å². The van der Waals surface area contributed by atoms with Gasteiger partial charge in [0.1, 0.15) is 0 Å². The smallest absolute Gasteiger partial charge is 0.0577 e. The third kappa shape index (κ3) is 3.18. The molecule has 1 atom stereocenters. The van der Waals surface area contributed by atoms with Crippen LogP contribution in [0.25, 0.3) is 0 Å². The molecule has 0 radical (unpaired) electrons. The molecule has 0 aromatic heterocycles. The predicted octanol–water partition coefficient (Wildman–Crippen LogP) is 5.25. The van der Waals surface area contributed by atoms with Crippen molar-refractivity contribution in [2.45, 2.75) is 18.8 Å². The molecule has 2 aromatic carbocycles. The number of hydrogen-bond acceptors (Lipinski definition) is 1. The van der Waals surface area contributed by atoms with E-state index in [9.17, 15) is 0 Å². The van der Waals surface area contributed by atoms with E-state index < -0.39 is 0 Å². The minimum atomic E-state index is -0.0139. The third-order valence-electron chi connectivity index (χ3n) is 2.82. The summed E-state index contributed by atoms with van der Waals surface area (Å²) in [6.07, 6.45) is 0. The molecule has 1 N–H and O–H groups in total. The number of benzene rings is 2. The van der Waals surface area contributed by atoms with E-state index in [2.05, 4.69) is 5.32 Å². The summed E-state index contributed by atoms with van der Waals surface area (Å²) in [5, 5.41) is 4.15. The molecule has 0 heterocycles. The van der Waals surface area contributed by atoms with Gasteiger partial charge >= 0.3 is 0 Å². The van der Waals surface area contributed by atoms with Crippen LogP contribution in [-0.2, 0) is 6.54 Å². The first-order valence-corrected chi connectivity index (χ1v) is 6.70. The van der Waals surface area contributed by atoms with Gasteiger partial charge in [-0.2, -0.15) is 0 Å². The Morgan fingerprint density at radius 1 is 1.06 bits per heavy atom. The van der Waals surface area contributed by atoms with Gasteiger partial charge in [-0.3, -0.25) is 0 Å². The summed E-state index contributed by atoms with van der Waals surface area (Å²) in [6, 6.07) is 15.9. The zero-order valence-corrected chi connectivity index (χ0v) is 11.7. The van der Waals surface area contributed by atoms with Crippen LogP contribution in [0, 0.1) is 0 Å². The van der Waals surface area contributed by atoms with E-state index in [1.54, 1.807) is 0 Å². The van der Waals surface area contributed by atoms with Gasteiger partial charge in [0.2, 0.25) is 0 Å². The Labute approximate surface area is 118 Å². The minimum Gasteiger partial charge on any atom is -0.381 e. The van der Waals surface area contributed by atoms with Crippen LogP contribution in [0.3, 0.4) is 0 Å². The highest BCUT2D eigenvalue weighted by Crippen LogP contribution is 2.27. The highest BCUT2D eigenvalue weighted by atomic mass is 35.5. The molecule has 0 aliphatic carbocycles. The molecule has 94 valence electrons. The van der Waals surface area contributed by atoms with Crippen molar-refractivity contribution in [3.63, 3.8) is 0 Å². The van der Waals surface area contributed by atoms with Gasteiger partial charge < -0.3 is 5.32 Å². The zero-order chi connectivity index (χ0) is 13.0. The van der Waals surface area contributed by atoms with Crippen molar-refractivity contribution >= 4 is 28.9 Å². The predicted molar refractivity (Wildman–Crippen MR) is 79.5 cm³/mol. The van der Waals surface area contributed by atoms with Crippen LogP contribution in [0.1, 0.15) is 23.4 Å². The van der Waals surface area contributed by atoms with Crippen molar-refractivity contribution in [3.8, 4) is 0 Å². The maximum Gasteiger partial charge on any atom is 0.0577 e. The van der Waals surface area contributed by atoms with Gasteiger partial charge in [-0.15, -0.1) is 11.6 Å². The fraction of sp³-hybridized carbons (Fsp3) is 0.200. The van der Waals surface area contributed by atoms with Crippen LogP contribution in [-0.4, -0.2) is 0 Å². The lowest BCUT2D eigenvalue weighted by Crippen LogP contribution is -2.03. The third-order valence-corrected chi connectivity index (χ3v) is 3.42. The monoisotopic (exact) mass is 279 g/mol. The summed E-state index contributed by atoms with van der Waals surface area (Å²) in [7, 11) is 0. The number of halogens is 2. The van der Waals surface area contributed by atoms with Crippen molar-refractivity contribution < 1.29 is 0 Å². The van der Waals surface area contributed by atoms with Gasteiger partial charge in [0, 0.05) is 17.3 Å². The van der Waals surface area contributed by atoms with Crippen LogP contribution >= 0.6 is 23.2 Å². The quantitative estimate of drug-likeness (QED) is 0.754. The second-order valence-corrected chi connectivity index (χ2v) is 5.21. The summed E-state index contributed by atoms with van der Waals surface area (Å²) < 4.78 is 0. The van der Waals surface area contributed by atoms with E-state index in [1.807, 2.05) is 55.5 Å². The number of para-hydroxylation sites is 1. The average molecular weight is 280 g/mol. The number of rotatable bonds is 4. The van der Waals surface area contributed by atoms with Crippen molar-refractivity contribution in [2.24, 2.45) is 0 Å². The molecule has 2 aromatic rings. The van der Waals surface area contributed by atoms with Crippen LogP contribution in [0.2, 0.25) is 5.02 Å². The first-order valence-electron chi connectivity index (χ1n) is 5.89. The summed E-state index contributed by atoms with van der Waals surface area (Å²) in [6.45, 7) is 2.66. The molecule has 1 unspecified atom stereocenters. The van der Waals surface area contributed by atoms with Gasteiger partial charge in [-0.25, -0.2) is 0 Å². The molecule has 0 amide bonds. The van der Waals surface area contributed by atoms with Crippen molar-refractivity contribution in [1.82, 2.24) is 0 Å². The Morgan fingerprint density at radius 3 is 2.44 bits per heavy atom. The van der Waals surface area contributed by atoms with E-state index in [1.165, 1.54) is 0 Å². The Hall–Kier alpha value is -1.18. The zero-order valence-electron chi connectivity index (χ0n) is 10.2. The lowest BCUT2D eigenvalue weighted by atomic mass is 10.1. The largest absolute Gasteiger partial charge is 0.381 e.